The number of benzene rings is 7. The minimum absolute atomic E-state index is 0.204. The molecule has 7 aromatic rings. The fourth-order valence-corrected chi connectivity index (χ4v) is 8.06. The van der Waals surface area contributed by atoms with Crippen molar-refractivity contribution in [1.82, 2.24) is 0 Å². The number of hydrogen-bond acceptors (Lipinski definition) is 2. The lowest BCUT2D eigenvalue weighted by atomic mass is 9.74. The number of rotatable bonds is 6. The molecular weight excluding hydrogens is 597 g/mol. The first-order chi connectivity index (χ1) is 22.8. The second-order valence-electron chi connectivity index (χ2n) is 12.2. The van der Waals surface area contributed by atoms with E-state index >= 15 is 13.2 Å². The first-order valence-corrected chi connectivity index (χ1v) is 15.6. The van der Waals surface area contributed by atoms with E-state index in [1.54, 1.807) is 6.92 Å². The van der Waals surface area contributed by atoms with Gasteiger partial charge in [0.25, 0.3) is 0 Å². The fraction of sp³-hybridized carbons (Fsp3) is 0.122. The number of aliphatic carboxylic acids is 1. The summed E-state index contributed by atoms with van der Waals surface area (Å²) in [7, 11) is 0. The molecule has 0 bridgehead atoms. The first kappa shape index (κ1) is 28.9. The van der Waals surface area contributed by atoms with Crippen LogP contribution in [-0.4, -0.2) is 16.9 Å². The summed E-state index contributed by atoms with van der Waals surface area (Å²) < 4.78 is 48.0. The number of halogens is 3. The van der Waals surface area contributed by atoms with E-state index in [0.29, 0.717) is 6.07 Å². The molecule has 0 amide bonds. The van der Waals surface area contributed by atoms with E-state index < -0.39 is 58.6 Å². The van der Waals surface area contributed by atoms with E-state index in [-0.39, 0.29) is 6.42 Å². The molecule has 0 spiro atoms. The molecule has 7 aromatic carbocycles. The molecule has 0 fully saturated rings. The number of ketones is 1. The molecule has 3 nitrogen and oxygen atoms in total. The fourth-order valence-electron chi connectivity index (χ4n) is 8.06. The zero-order valence-corrected chi connectivity index (χ0v) is 25.3. The van der Waals surface area contributed by atoms with Crippen molar-refractivity contribution in [1.29, 1.82) is 0 Å². The number of fused-ring (bicyclic) bond motifs is 13. The quantitative estimate of drug-likeness (QED) is 0.0867. The largest absolute Gasteiger partial charge is 0.481 e. The number of Topliss-reactive ketones (excluding diaryl/α,β-unsaturated/α-hetero) is 1. The van der Waals surface area contributed by atoms with Gasteiger partial charge in [0.2, 0.25) is 0 Å². The van der Waals surface area contributed by atoms with Gasteiger partial charge < -0.3 is 5.11 Å². The summed E-state index contributed by atoms with van der Waals surface area (Å²) in [6.45, 7) is 1.80. The maximum absolute atomic E-state index is 16.6. The average Bonchev–Trinajstić information content (AvgIpc) is 3.45. The summed E-state index contributed by atoms with van der Waals surface area (Å²) in [5.41, 5.74) is 2.43. The van der Waals surface area contributed by atoms with Crippen LogP contribution in [0.2, 0.25) is 0 Å². The smallest absolute Gasteiger partial charge is 0.311 e. The van der Waals surface area contributed by atoms with Gasteiger partial charge in [-0.25, -0.2) is 13.2 Å². The van der Waals surface area contributed by atoms with Gasteiger partial charge in [-0.2, -0.15) is 0 Å². The third-order valence-electron chi connectivity index (χ3n) is 9.83. The maximum atomic E-state index is 16.6. The molecular formula is C41H27F3O3. The molecule has 6 heteroatoms. The normalized spacial score (nSPS) is 13.4. The van der Waals surface area contributed by atoms with Crippen molar-refractivity contribution < 1.29 is 27.9 Å². The van der Waals surface area contributed by atoms with E-state index in [4.69, 9.17) is 0 Å². The van der Waals surface area contributed by atoms with Crippen LogP contribution in [0, 0.1) is 17.5 Å². The van der Waals surface area contributed by atoms with Crippen LogP contribution in [0.3, 0.4) is 0 Å². The predicted octanol–water partition coefficient (Wildman–Crippen LogP) is 10.7. The van der Waals surface area contributed by atoms with Crippen molar-refractivity contribution in [3.05, 3.63) is 143 Å². The molecule has 230 valence electrons. The molecule has 0 aliphatic heterocycles. The van der Waals surface area contributed by atoms with Crippen LogP contribution in [0.25, 0.3) is 54.2 Å². The zero-order valence-electron chi connectivity index (χ0n) is 25.3. The Balaban J connectivity index is 1.57. The van der Waals surface area contributed by atoms with Gasteiger partial charge in [0.15, 0.2) is 17.4 Å². The number of carbonyl (C=O) groups is 2. The van der Waals surface area contributed by atoms with E-state index in [0.717, 1.165) is 65.3 Å². The molecule has 0 saturated carbocycles. The van der Waals surface area contributed by atoms with E-state index in [9.17, 15) is 14.7 Å². The molecule has 8 rings (SSSR count). The van der Waals surface area contributed by atoms with Crippen LogP contribution >= 0.6 is 0 Å². The summed E-state index contributed by atoms with van der Waals surface area (Å²) in [6.07, 6.45) is -0.837. The zero-order chi connectivity index (χ0) is 32.6. The second kappa shape index (κ2) is 10.8. The minimum Gasteiger partial charge on any atom is -0.481 e. The van der Waals surface area contributed by atoms with Gasteiger partial charge in [-0.1, -0.05) is 104 Å². The Morgan fingerprint density at radius 3 is 1.47 bits per heavy atom. The van der Waals surface area contributed by atoms with E-state index in [1.807, 2.05) is 72.8 Å². The number of carbonyl (C=O) groups excluding carboxylic acids is 1. The Hall–Kier alpha value is -5.49. The van der Waals surface area contributed by atoms with Crippen molar-refractivity contribution in [2.45, 2.75) is 31.6 Å². The SMILES string of the molecule is CCC(c1c(F)c(F)cc(C(=O)CC(=O)O)c1F)C1c2c(c3ccccc3c3ccccc23)-c2c1c1ccccc1c1ccccc21. The molecule has 0 saturated heterocycles. The molecule has 1 aliphatic carbocycles. The van der Waals surface area contributed by atoms with Gasteiger partial charge >= 0.3 is 5.97 Å². The van der Waals surface area contributed by atoms with Crippen molar-refractivity contribution in [3.8, 4) is 11.1 Å². The van der Waals surface area contributed by atoms with Gasteiger partial charge in [-0.15, -0.1) is 0 Å². The summed E-state index contributed by atoms with van der Waals surface area (Å²) in [5, 5.41) is 17.1. The number of carboxylic acid groups (broad SMARTS) is 1. The standard InChI is InChI=1S/C41H27F3O3/c1-2-21(39-40(43)30(19-31(42)41(39)44)32(45)20-33(46)47)34-35-26-15-7-3-11-22(26)24-13-5-9-17-28(24)37(35)38-29-18-10-6-14-25(29)23-12-4-8-16-27(23)36(34)38/h3-19,21,34H,2,20H2,1H3,(H,46,47). The second-order valence-corrected chi connectivity index (χ2v) is 12.2. The number of carboxylic acids is 1. The highest BCUT2D eigenvalue weighted by molar-refractivity contribution is 6.25. The van der Waals surface area contributed by atoms with Crippen LogP contribution in [0.1, 0.15) is 58.6 Å². The highest BCUT2D eigenvalue weighted by atomic mass is 19.2. The Morgan fingerprint density at radius 2 is 1.04 bits per heavy atom. The maximum Gasteiger partial charge on any atom is 0.311 e. The van der Waals surface area contributed by atoms with Crippen LogP contribution in [-0.2, 0) is 4.79 Å². The molecule has 1 unspecified atom stereocenters. The van der Waals surface area contributed by atoms with Crippen LogP contribution in [0.5, 0.6) is 0 Å². The first-order valence-electron chi connectivity index (χ1n) is 15.6. The van der Waals surface area contributed by atoms with Crippen molar-refractivity contribution in [2.24, 2.45) is 0 Å². The predicted molar refractivity (Wildman–Crippen MR) is 180 cm³/mol. The van der Waals surface area contributed by atoms with Crippen LogP contribution in [0.15, 0.2) is 103 Å². The molecule has 1 atom stereocenters. The Kier molecular flexibility index (Phi) is 6.65. The molecule has 0 radical (unpaired) electrons. The lowest BCUT2D eigenvalue weighted by Gasteiger charge is -2.28. The van der Waals surface area contributed by atoms with Crippen molar-refractivity contribution in [2.75, 3.05) is 0 Å². The van der Waals surface area contributed by atoms with Gasteiger partial charge in [0, 0.05) is 17.4 Å². The lowest BCUT2D eigenvalue weighted by Crippen LogP contribution is -2.19. The Labute approximate surface area is 267 Å². The third-order valence-corrected chi connectivity index (χ3v) is 9.83. The van der Waals surface area contributed by atoms with Crippen LogP contribution < -0.4 is 0 Å². The highest BCUT2D eigenvalue weighted by Crippen LogP contribution is 2.60. The van der Waals surface area contributed by atoms with Crippen molar-refractivity contribution in [3.63, 3.8) is 0 Å². The Morgan fingerprint density at radius 1 is 0.638 bits per heavy atom. The van der Waals surface area contributed by atoms with Crippen LogP contribution in [0.4, 0.5) is 13.2 Å². The van der Waals surface area contributed by atoms with Gasteiger partial charge in [0.1, 0.15) is 12.2 Å². The Bertz CT molecular complexity index is 2360. The summed E-state index contributed by atoms with van der Waals surface area (Å²) in [6, 6.07) is 32.7. The van der Waals surface area contributed by atoms with Gasteiger partial charge in [0.05, 0.1) is 5.56 Å². The topological polar surface area (TPSA) is 54.4 Å². The van der Waals surface area contributed by atoms with Gasteiger partial charge in [-0.3, -0.25) is 9.59 Å². The van der Waals surface area contributed by atoms with E-state index in [1.165, 1.54) is 0 Å². The minimum atomic E-state index is -1.48. The third kappa shape index (κ3) is 4.14. The lowest BCUT2D eigenvalue weighted by molar-refractivity contribution is -0.135. The summed E-state index contributed by atoms with van der Waals surface area (Å²) in [4.78, 5) is 24.2. The monoisotopic (exact) mass is 624 g/mol. The molecule has 0 aromatic heterocycles. The summed E-state index contributed by atoms with van der Waals surface area (Å²) in [5.74, 6) is -8.16. The van der Waals surface area contributed by atoms with E-state index in [2.05, 4.69) is 24.3 Å². The molecule has 0 heterocycles. The van der Waals surface area contributed by atoms with Gasteiger partial charge in [-0.05, 0) is 77.8 Å². The molecule has 1 aliphatic rings. The molecule has 1 N–H and O–H groups in total. The summed E-state index contributed by atoms with van der Waals surface area (Å²) >= 11 is 0. The van der Waals surface area contributed by atoms with Crippen molar-refractivity contribution >= 4 is 54.8 Å². The number of hydrogen-bond donors (Lipinski definition) is 1. The highest BCUT2D eigenvalue weighted by Gasteiger charge is 2.42. The average molecular weight is 625 g/mol. The molecule has 47 heavy (non-hydrogen) atoms.